The second-order valence-corrected chi connectivity index (χ2v) is 7.92. The summed E-state index contributed by atoms with van der Waals surface area (Å²) in [5.41, 5.74) is 4.65. The summed E-state index contributed by atoms with van der Waals surface area (Å²) in [6.45, 7) is 4.39. The normalized spacial score (nSPS) is 14.6. The van der Waals surface area contributed by atoms with Crippen LogP contribution in [0.5, 0.6) is 0 Å². The van der Waals surface area contributed by atoms with Gasteiger partial charge >= 0.3 is 0 Å². The number of anilines is 1. The number of rotatable bonds is 3. The van der Waals surface area contributed by atoms with E-state index in [0.29, 0.717) is 23.0 Å². The maximum absolute atomic E-state index is 10.5. The summed E-state index contributed by atoms with van der Waals surface area (Å²) in [6.07, 6.45) is 0. The summed E-state index contributed by atoms with van der Waals surface area (Å²) in [4.78, 5) is 7.57. The average molecular weight is 367 g/mol. The van der Waals surface area contributed by atoms with E-state index < -0.39 is 0 Å². The SMILES string of the molecule is Cc1cc(C)cc(N2CC(O)=C(c3nc(-c4cccs4)cs3)C2=N)c1. The molecule has 4 rings (SSSR count). The first-order valence-electron chi connectivity index (χ1n) is 7.89. The van der Waals surface area contributed by atoms with Gasteiger partial charge in [-0.05, 0) is 48.6 Å². The van der Waals surface area contributed by atoms with Crippen LogP contribution in [-0.2, 0) is 0 Å². The van der Waals surface area contributed by atoms with E-state index in [1.807, 2.05) is 53.8 Å². The van der Waals surface area contributed by atoms with Gasteiger partial charge in [-0.15, -0.1) is 22.7 Å². The topological polar surface area (TPSA) is 60.2 Å². The highest BCUT2D eigenvalue weighted by Crippen LogP contribution is 2.35. The Morgan fingerprint density at radius 3 is 2.60 bits per heavy atom. The molecule has 3 heterocycles. The number of aromatic nitrogens is 1. The van der Waals surface area contributed by atoms with E-state index in [4.69, 9.17) is 5.41 Å². The van der Waals surface area contributed by atoms with Crippen LogP contribution >= 0.6 is 22.7 Å². The fourth-order valence-electron chi connectivity index (χ4n) is 3.06. The maximum atomic E-state index is 10.5. The summed E-state index contributed by atoms with van der Waals surface area (Å²) >= 11 is 3.10. The van der Waals surface area contributed by atoms with Crippen LogP contribution in [0.1, 0.15) is 16.1 Å². The number of amidine groups is 1. The van der Waals surface area contributed by atoms with Crippen molar-refractivity contribution in [3.8, 4) is 10.6 Å². The highest BCUT2D eigenvalue weighted by molar-refractivity contribution is 7.14. The first-order valence-corrected chi connectivity index (χ1v) is 9.65. The number of benzene rings is 1. The fourth-order valence-corrected chi connectivity index (χ4v) is 4.70. The van der Waals surface area contributed by atoms with Crippen LogP contribution in [0.2, 0.25) is 0 Å². The smallest absolute Gasteiger partial charge is 0.139 e. The largest absolute Gasteiger partial charge is 0.510 e. The lowest BCUT2D eigenvalue weighted by molar-refractivity contribution is 0.411. The van der Waals surface area contributed by atoms with Crippen LogP contribution in [0.25, 0.3) is 16.1 Å². The van der Waals surface area contributed by atoms with Crippen LogP contribution in [0.4, 0.5) is 5.69 Å². The van der Waals surface area contributed by atoms with E-state index in [1.54, 1.807) is 11.3 Å². The second-order valence-electron chi connectivity index (χ2n) is 6.12. The lowest BCUT2D eigenvalue weighted by atomic mass is 10.1. The van der Waals surface area contributed by atoms with Gasteiger partial charge in [-0.3, -0.25) is 5.41 Å². The van der Waals surface area contributed by atoms with Gasteiger partial charge in [0.1, 0.15) is 16.6 Å². The summed E-state index contributed by atoms with van der Waals surface area (Å²) in [5.74, 6) is 0.505. The third-order valence-electron chi connectivity index (χ3n) is 4.11. The molecule has 1 aliphatic heterocycles. The molecule has 0 atom stereocenters. The zero-order chi connectivity index (χ0) is 17.6. The van der Waals surface area contributed by atoms with Gasteiger partial charge in [0.05, 0.1) is 22.7 Å². The van der Waals surface area contributed by atoms with E-state index >= 15 is 0 Å². The van der Waals surface area contributed by atoms with Gasteiger partial charge in [0.15, 0.2) is 0 Å². The van der Waals surface area contributed by atoms with Gasteiger partial charge in [0.25, 0.3) is 0 Å². The van der Waals surface area contributed by atoms with Crippen LogP contribution in [0.3, 0.4) is 0 Å². The number of thiophene rings is 1. The van der Waals surface area contributed by atoms with Gasteiger partial charge in [0.2, 0.25) is 0 Å². The number of thiazole rings is 1. The van der Waals surface area contributed by atoms with E-state index in [-0.39, 0.29) is 5.76 Å². The number of aryl methyl sites for hydroxylation is 2. The van der Waals surface area contributed by atoms with E-state index in [2.05, 4.69) is 11.1 Å². The van der Waals surface area contributed by atoms with Crippen LogP contribution in [0, 0.1) is 19.3 Å². The number of nitrogens with zero attached hydrogens (tertiary/aromatic N) is 2. The summed E-state index contributed by atoms with van der Waals surface area (Å²) in [6, 6.07) is 10.2. The third-order valence-corrected chi connectivity index (χ3v) is 5.87. The van der Waals surface area contributed by atoms with Crippen LogP contribution in [-0.4, -0.2) is 22.5 Å². The van der Waals surface area contributed by atoms with Gasteiger partial charge in [-0.2, -0.15) is 0 Å². The van der Waals surface area contributed by atoms with Crippen molar-refractivity contribution in [1.29, 1.82) is 5.41 Å². The number of hydrogen-bond acceptors (Lipinski definition) is 5. The highest BCUT2D eigenvalue weighted by atomic mass is 32.1. The third kappa shape index (κ3) is 2.88. The molecule has 0 bridgehead atoms. The van der Waals surface area contributed by atoms with Crippen molar-refractivity contribution in [1.82, 2.24) is 4.98 Å². The molecule has 0 saturated carbocycles. The van der Waals surface area contributed by atoms with Crippen molar-refractivity contribution in [2.24, 2.45) is 0 Å². The average Bonchev–Trinajstić information content (AvgIpc) is 3.26. The minimum absolute atomic E-state index is 0.205. The van der Waals surface area contributed by atoms with Crippen LogP contribution < -0.4 is 4.90 Å². The predicted molar refractivity (Wildman–Crippen MR) is 106 cm³/mol. The summed E-state index contributed by atoms with van der Waals surface area (Å²) < 4.78 is 0. The van der Waals surface area contributed by atoms with Crippen molar-refractivity contribution in [2.75, 3.05) is 11.4 Å². The quantitative estimate of drug-likeness (QED) is 0.664. The van der Waals surface area contributed by atoms with E-state index in [1.165, 1.54) is 11.3 Å². The molecule has 0 amide bonds. The molecule has 3 aromatic rings. The Bertz CT molecular complexity index is 966. The minimum atomic E-state index is 0.205. The Labute approximate surface area is 154 Å². The Balaban J connectivity index is 1.67. The number of hydrogen-bond donors (Lipinski definition) is 2. The van der Waals surface area contributed by atoms with E-state index in [9.17, 15) is 5.11 Å². The Hall–Kier alpha value is -2.44. The van der Waals surface area contributed by atoms with Gasteiger partial charge in [-0.1, -0.05) is 12.1 Å². The molecule has 0 aliphatic carbocycles. The minimum Gasteiger partial charge on any atom is -0.510 e. The Morgan fingerprint density at radius 1 is 1.16 bits per heavy atom. The van der Waals surface area contributed by atoms with Gasteiger partial charge in [-0.25, -0.2) is 4.98 Å². The molecule has 25 heavy (non-hydrogen) atoms. The van der Waals surface area contributed by atoms with Crippen molar-refractivity contribution < 1.29 is 5.11 Å². The molecule has 0 spiro atoms. The molecule has 0 unspecified atom stereocenters. The molecule has 126 valence electrons. The number of nitrogens with one attached hydrogen (secondary N) is 1. The van der Waals surface area contributed by atoms with Gasteiger partial charge in [0, 0.05) is 11.1 Å². The molecular formula is C19H17N3OS2. The predicted octanol–water partition coefficient (Wildman–Crippen LogP) is 5.26. The lowest BCUT2D eigenvalue weighted by Crippen LogP contribution is -2.26. The lowest BCUT2D eigenvalue weighted by Gasteiger charge is -2.19. The molecule has 2 aromatic heterocycles. The number of aliphatic hydroxyl groups excluding tert-OH is 1. The Morgan fingerprint density at radius 2 is 1.92 bits per heavy atom. The van der Waals surface area contributed by atoms with Crippen molar-refractivity contribution in [3.63, 3.8) is 0 Å². The standard InChI is InChI=1S/C19H17N3OS2/c1-11-6-12(2)8-13(7-11)22-9-15(23)17(18(22)20)19-21-14(10-25-19)16-4-3-5-24-16/h3-8,10,20,23H,9H2,1-2H3. The summed E-state index contributed by atoms with van der Waals surface area (Å²) in [5, 5.41) is 23.8. The second kappa shape index (κ2) is 6.13. The molecular weight excluding hydrogens is 350 g/mol. The molecule has 0 fully saturated rings. The molecule has 6 heteroatoms. The summed E-state index contributed by atoms with van der Waals surface area (Å²) in [7, 11) is 0. The molecule has 4 nitrogen and oxygen atoms in total. The van der Waals surface area contributed by atoms with Crippen molar-refractivity contribution in [3.05, 3.63) is 63.0 Å². The Kier molecular flexibility index (Phi) is 3.94. The zero-order valence-electron chi connectivity index (χ0n) is 13.9. The monoisotopic (exact) mass is 367 g/mol. The van der Waals surface area contributed by atoms with Gasteiger partial charge < -0.3 is 10.0 Å². The molecule has 0 saturated heterocycles. The van der Waals surface area contributed by atoms with Crippen molar-refractivity contribution in [2.45, 2.75) is 13.8 Å². The molecule has 1 aromatic carbocycles. The highest BCUT2D eigenvalue weighted by Gasteiger charge is 2.31. The van der Waals surface area contributed by atoms with Crippen LogP contribution in [0.15, 0.2) is 46.9 Å². The number of aliphatic hydroxyl groups is 1. The maximum Gasteiger partial charge on any atom is 0.139 e. The molecule has 1 aliphatic rings. The zero-order valence-corrected chi connectivity index (χ0v) is 15.5. The van der Waals surface area contributed by atoms with E-state index in [0.717, 1.165) is 27.4 Å². The molecule has 2 N–H and O–H groups in total. The molecule has 0 radical (unpaired) electrons. The van der Waals surface area contributed by atoms with Crippen molar-refractivity contribution >= 4 is 39.8 Å². The fraction of sp³-hybridized carbons (Fsp3) is 0.158. The first-order chi connectivity index (χ1) is 12.0. The first kappa shape index (κ1) is 16.1.